The molecule has 2 aromatic rings. The van der Waals surface area contributed by atoms with Gasteiger partial charge in [-0.1, -0.05) is 58.4 Å². The van der Waals surface area contributed by atoms with Crippen molar-refractivity contribution in [1.29, 1.82) is 5.26 Å². The standard InChI is InChI=1S/C17H14BrNO/c18-11-13-6-7-16-14(10-13)8-9-17(12-19,20-16)15-4-2-1-3-5-15/h1-7,10H,8-9,11H2. The van der Waals surface area contributed by atoms with Crippen LogP contribution in [0.25, 0.3) is 0 Å². The van der Waals surface area contributed by atoms with Crippen molar-refractivity contribution >= 4 is 15.9 Å². The summed E-state index contributed by atoms with van der Waals surface area (Å²) in [6.45, 7) is 0. The molecule has 0 saturated carbocycles. The number of halogens is 1. The second-order valence-corrected chi connectivity index (χ2v) is 5.54. The van der Waals surface area contributed by atoms with E-state index < -0.39 is 5.60 Å². The van der Waals surface area contributed by atoms with Crippen molar-refractivity contribution < 1.29 is 4.74 Å². The Bertz CT molecular complexity index is 662. The number of hydrogen-bond donors (Lipinski definition) is 0. The minimum absolute atomic E-state index is 0.687. The molecule has 0 spiro atoms. The zero-order valence-corrected chi connectivity index (χ0v) is 12.6. The fourth-order valence-corrected chi connectivity index (χ4v) is 2.96. The van der Waals surface area contributed by atoms with Crippen molar-refractivity contribution in [2.45, 2.75) is 23.8 Å². The molecule has 0 N–H and O–H groups in total. The highest BCUT2D eigenvalue weighted by Crippen LogP contribution is 2.39. The molecule has 1 heterocycles. The van der Waals surface area contributed by atoms with Gasteiger partial charge in [0.1, 0.15) is 11.8 Å². The molecule has 0 aromatic heterocycles. The number of ether oxygens (including phenoxy) is 1. The Balaban J connectivity index is 2.00. The molecule has 1 atom stereocenters. The number of nitriles is 1. The maximum Gasteiger partial charge on any atom is 0.220 e. The van der Waals surface area contributed by atoms with Gasteiger partial charge in [0.2, 0.25) is 5.60 Å². The molecule has 0 radical (unpaired) electrons. The van der Waals surface area contributed by atoms with Gasteiger partial charge in [-0.15, -0.1) is 0 Å². The molecule has 1 aliphatic heterocycles. The van der Waals surface area contributed by atoms with Gasteiger partial charge in [0.15, 0.2) is 0 Å². The van der Waals surface area contributed by atoms with Crippen LogP contribution in [-0.2, 0) is 17.4 Å². The number of rotatable bonds is 2. The molecule has 1 aliphatic rings. The van der Waals surface area contributed by atoms with E-state index in [1.54, 1.807) is 0 Å². The molecule has 20 heavy (non-hydrogen) atoms. The average molecular weight is 328 g/mol. The molecule has 3 heteroatoms. The molecule has 100 valence electrons. The SMILES string of the molecule is N#CC1(c2ccccc2)CCc2cc(CBr)ccc2O1. The lowest BCUT2D eigenvalue weighted by Crippen LogP contribution is -2.35. The van der Waals surface area contributed by atoms with E-state index in [1.165, 1.54) is 11.1 Å². The third-order valence-corrected chi connectivity index (χ3v) is 4.38. The molecular weight excluding hydrogens is 314 g/mol. The number of hydrogen-bond acceptors (Lipinski definition) is 2. The van der Waals surface area contributed by atoms with E-state index in [1.807, 2.05) is 42.5 Å². The molecule has 1 unspecified atom stereocenters. The van der Waals surface area contributed by atoms with Crippen LogP contribution in [0, 0.1) is 11.3 Å². The number of nitrogens with zero attached hydrogens (tertiary/aromatic N) is 1. The summed E-state index contributed by atoms with van der Waals surface area (Å²) in [6.07, 6.45) is 1.55. The Morgan fingerprint density at radius 3 is 2.70 bits per heavy atom. The zero-order valence-electron chi connectivity index (χ0n) is 11.0. The van der Waals surface area contributed by atoms with Crippen LogP contribution in [0.2, 0.25) is 0 Å². The monoisotopic (exact) mass is 327 g/mol. The van der Waals surface area contributed by atoms with Gasteiger partial charge >= 0.3 is 0 Å². The first-order chi connectivity index (χ1) is 9.77. The summed E-state index contributed by atoms with van der Waals surface area (Å²) >= 11 is 3.46. The van der Waals surface area contributed by atoms with Gasteiger partial charge in [-0.2, -0.15) is 5.26 Å². The van der Waals surface area contributed by atoms with Gasteiger partial charge in [0, 0.05) is 17.3 Å². The smallest absolute Gasteiger partial charge is 0.220 e. The first-order valence-electron chi connectivity index (χ1n) is 6.61. The fourth-order valence-electron chi connectivity index (χ4n) is 2.61. The predicted molar refractivity (Wildman–Crippen MR) is 81.8 cm³/mol. The molecule has 0 bridgehead atoms. The predicted octanol–water partition coefficient (Wildman–Crippen LogP) is 4.33. The van der Waals surface area contributed by atoms with Crippen molar-refractivity contribution in [2.24, 2.45) is 0 Å². The molecule has 2 nitrogen and oxygen atoms in total. The highest BCUT2D eigenvalue weighted by Gasteiger charge is 2.38. The van der Waals surface area contributed by atoms with Crippen LogP contribution in [0.3, 0.4) is 0 Å². The van der Waals surface area contributed by atoms with Crippen LogP contribution in [0.5, 0.6) is 5.75 Å². The maximum atomic E-state index is 9.64. The highest BCUT2D eigenvalue weighted by molar-refractivity contribution is 9.08. The average Bonchev–Trinajstić information content (AvgIpc) is 2.54. The normalized spacial score (nSPS) is 20.6. The van der Waals surface area contributed by atoms with Crippen molar-refractivity contribution in [3.8, 4) is 11.8 Å². The van der Waals surface area contributed by atoms with Crippen LogP contribution >= 0.6 is 15.9 Å². The van der Waals surface area contributed by atoms with Gasteiger partial charge in [0.05, 0.1) is 0 Å². The second kappa shape index (κ2) is 5.30. The quantitative estimate of drug-likeness (QED) is 0.769. The Hall–Kier alpha value is -1.79. The van der Waals surface area contributed by atoms with Gasteiger partial charge < -0.3 is 4.74 Å². The van der Waals surface area contributed by atoms with E-state index in [-0.39, 0.29) is 0 Å². The van der Waals surface area contributed by atoms with Crippen molar-refractivity contribution in [3.05, 3.63) is 65.2 Å². The van der Waals surface area contributed by atoms with Gasteiger partial charge in [-0.05, 0) is 23.6 Å². The Kier molecular flexibility index (Phi) is 3.50. The number of alkyl halides is 1. The van der Waals surface area contributed by atoms with Gasteiger partial charge in [-0.3, -0.25) is 0 Å². The lowest BCUT2D eigenvalue weighted by atomic mass is 9.86. The summed E-state index contributed by atoms with van der Waals surface area (Å²) in [6, 6.07) is 18.3. The van der Waals surface area contributed by atoms with Gasteiger partial charge in [0.25, 0.3) is 0 Å². The van der Waals surface area contributed by atoms with Crippen LogP contribution in [0.1, 0.15) is 23.1 Å². The molecular formula is C17H14BrNO. The van der Waals surface area contributed by atoms with E-state index in [2.05, 4.69) is 28.1 Å². The van der Waals surface area contributed by atoms with Crippen LogP contribution < -0.4 is 4.74 Å². The Labute approximate surface area is 127 Å². The first kappa shape index (κ1) is 13.2. The number of benzene rings is 2. The molecule has 0 aliphatic carbocycles. The molecule has 0 fully saturated rings. The summed E-state index contributed by atoms with van der Waals surface area (Å²) in [5.74, 6) is 0.825. The molecule has 0 amide bonds. The van der Waals surface area contributed by atoms with Crippen molar-refractivity contribution in [1.82, 2.24) is 0 Å². The summed E-state index contributed by atoms with van der Waals surface area (Å²) < 4.78 is 6.08. The lowest BCUT2D eigenvalue weighted by Gasteiger charge is -2.33. The van der Waals surface area contributed by atoms with Crippen LogP contribution in [-0.4, -0.2) is 0 Å². The van der Waals surface area contributed by atoms with Crippen molar-refractivity contribution in [3.63, 3.8) is 0 Å². The molecule has 2 aromatic carbocycles. The molecule has 3 rings (SSSR count). The Morgan fingerprint density at radius 1 is 1.20 bits per heavy atom. The van der Waals surface area contributed by atoms with E-state index in [0.717, 1.165) is 23.1 Å². The largest absolute Gasteiger partial charge is 0.468 e. The third-order valence-electron chi connectivity index (χ3n) is 3.73. The number of aryl methyl sites for hydroxylation is 1. The Morgan fingerprint density at radius 2 is 2.00 bits per heavy atom. The maximum absolute atomic E-state index is 9.64. The van der Waals surface area contributed by atoms with E-state index >= 15 is 0 Å². The second-order valence-electron chi connectivity index (χ2n) is 4.98. The minimum atomic E-state index is -0.857. The summed E-state index contributed by atoms with van der Waals surface area (Å²) in [7, 11) is 0. The van der Waals surface area contributed by atoms with Gasteiger partial charge in [-0.25, -0.2) is 0 Å². The number of fused-ring (bicyclic) bond motifs is 1. The summed E-state index contributed by atoms with van der Waals surface area (Å²) in [5.41, 5.74) is 2.49. The summed E-state index contributed by atoms with van der Waals surface area (Å²) in [4.78, 5) is 0. The lowest BCUT2D eigenvalue weighted by molar-refractivity contribution is 0.101. The van der Waals surface area contributed by atoms with Crippen molar-refractivity contribution in [2.75, 3.05) is 0 Å². The third kappa shape index (κ3) is 2.21. The first-order valence-corrected chi connectivity index (χ1v) is 7.73. The minimum Gasteiger partial charge on any atom is -0.468 e. The molecule has 0 saturated heterocycles. The van der Waals surface area contributed by atoms with E-state index in [4.69, 9.17) is 4.74 Å². The fraction of sp³-hybridized carbons (Fsp3) is 0.235. The van der Waals surface area contributed by atoms with E-state index in [9.17, 15) is 5.26 Å². The zero-order chi connectivity index (χ0) is 14.0. The topological polar surface area (TPSA) is 33.0 Å². The van der Waals surface area contributed by atoms with Crippen LogP contribution in [0.4, 0.5) is 0 Å². The highest BCUT2D eigenvalue weighted by atomic mass is 79.9. The van der Waals surface area contributed by atoms with Crippen LogP contribution in [0.15, 0.2) is 48.5 Å². The van der Waals surface area contributed by atoms with E-state index in [0.29, 0.717) is 6.42 Å². The summed E-state index contributed by atoms with van der Waals surface area (Å²) in [5, 5.41) is 10.5.